The third-order valence-electron chi connectivity index (χ3n) is 2.69. The van der Waals surface area contributed by atoms with Gasteiger partial charge in [0.15, 0.2) is 0 Å². The summed E-state index contributed by atoms with van der Waals surface area (Å²) in [7, 11) is 0. The lowest BCUT2D eigenvalue weighted by atomic mass is 10.2. The zero-order valence-corrected chi connectivity index (χ0v) is 13.5. The van der Waals surface area contributed by atoms with Crippen molar-refractivity contribution in [2.24, 2.45) is 0 Å². The van der Waals surface area contributed by atoms with Crippen LogP contribution in [-0.2, 0) is 9.47 Å². The second kappa shape index (κ2) is 6.61. The largest absolute Gasteiger partial charge is 0.462 e. The van der Waals surface area contributed by atoms with Gasteiger partial charge in [-0.3, -0.25) is 0 Å². The summed E-state index contributed by atoms with van der Waals surface area (Å²) < 4.78 is 12.0. The zero-order chi connectivity index (χ0) is 16.2. The van der Waals surface area contributed by atoms with Gasteiger partial charge in [0.25, 0.3) is 0 Å². The van der Waals surface area contributed by atoms with Gasteiger partial charge in [0, 0.05) is 11.9 Å². The Hall–Kier alpha value is -2.04. The van der Waals surface area contributed by atoms with Crippen LogP contribution in [0.3, 0.4) is 0 Å². The monoisotopic (exact) mass is 293 g/mol. The van der Waals surface area contributed by atoms with E-state index in [9.17, 15) is 9.59 Å². The molecule has 0 N–H and O–H groups in total. The highest BCUT2D eigenvalue weighted by atomic mass is 16.6. The van der Waals surface area contributed by atoms with Crippen LogP contribution in [0.15, 0.2) is 12.1 Å². The molecule has 0 saturated heterocycles. The normalized spacial score (nSPS) is 11.7. The van der Waals surface area contributed by atoms with Gasteiger partial charge in [0.2, 0.25) is 0 Å². The van der Waals surface area contributed by atoms with E-state index in [1.165, 1.54) is 6.07 Å². The fourth-order valence-electron chi connectivity index (χ4n) is 1.87. The fraction of sp³-hybridized carbons (Fsp3) is 0.500. The van der Waals surface area contributed by atoms with Crippen LogP contribution in [0.2, 0.25) is 0 Å². The first-order valence-corrected chi connectivity index (χ1v) is 6.96. The van der Waals surface area contributed by atoms with Gasteiger partial charge in [0.05, 0.1) is 12.2 Å². The molecule has 5 heteroatoms. The standard InChI is InChI=1S/C16H23NO4/c1-7-9-17-11(3)12(14(18)20-8-2)10-13(17)15(19)21-16(4,5)6/h7,9-10H,8H2,1-6H3/b9-7-. The number of ether oxygens (including phenoxy) is 2. The molecule has 21 heavy (non-hydrogen) atoms. The third kappa shape index (κ3) is 4.21. The van der Waals surface area contributed by atoms with E-state index in [1.807, 2.05) is 6.92 Å². The summed E-state index contributed by atoms with van der Waals surface area (Å²) >= 11 is 0. The summed E-state index contributed by atoms with van der Waals surface area (Å²) in [5.74, 6) is -0.915. The molecule has 0 spiro atoms. The molecule has 116 valence electrons. The molecular weight excluding hydrogens is 270 g/mol. The summed E-state index contributed by atoms with van der Waals surface area (Å²) in [6.07, 6.45) is 3.51. The van der Waals surface area contributed by atoms with Crippen molar-refractivity contribution in [3.63, 3.8) is 0 Å². The molecule has 0 aromatic carbocycles. The van der Waals surface area contributed by atoms with Crippen LogP contribution >= 0.6 is 0 Å². The SMILES string of the molecule is C/C=C\n1c(C(=O)OC(C)(C)C)cc(C(=O)OCC)c1C. The van der Waals surface area contributed by atoms with E-state index in [-0.39, 0.29) is 6.61 Å². The van der Waals surface area contributed by atoms with Crippen LogP contribution in [0.25, 0.3) is 6.20 Å². The maximum absolute atomic E-state index is 12.3. The van der Waals surface area contributed by atoms with Crippen molar-refractivity contribution in [1.82, 2.24) is 4.57 Å². The lowest BCUT2D eigenvalue weighted by Crippen LogP contribution is -2.25. The van der Waals surface area contributed by atoms with Crippen molar-refractivity contribution < 1.29 is 19.1 Å². The highest BCUT2D eigenvalue weighted by molar-refractivity contribution is 5.97. The van der Waals surface area contributed by atoms with Crippen LogP contribution in [-0.4, -0.2) is 28.7 Å². The lowest BCUT2D eigenvalue weighted by molar-refractivity contribution is 0.00609. The predicted octanol–water partition coefficient (Wildman–Crippen LogP) is 3.42. The Balaban J connectivity index is 3.28. The molecule has 0 atom stereocenters. The van der Waals surface area contributed by atoms with Crippen LogP contribution < -0.4 is 0 Å². The summed E-state index contributed by atoms with van der Waals surface area (Å²) in [4.78, 5) is 24.2. The highest BCUT2D eigenvalue weighted by Crippen LogP contribution is 2.20. The number of rotatable bonds is 4. The highest BCUT2D eigenvalue weighted by Gasteiger charge is 2.25. The smallest absolute Gasteiger partial charge is 0.355 e. The van der Waals surface area contributed by atoms with E-state index in [2.05, 4.69) is 0 Å². The maximum atomic E-state index is 12.3. The Bertz CT molecular complexity index is 562. The Morgan fingerprint density at radius 1 is 1.29 bits per heavy atom. The lowest BCUT2D eigenvalue weighted by Gasteiger charge is -2.19. The summed E-state index contributed by atoms with van der Waals surface area (Å²) in [6.45, 7) is 11.0. The second-order valence-electron chi connectivity index (χ2n) is 5.60. The number of aromatic nitrogens is 1. The molecule has 0 aliphatic heterocycles. The number of nitrogens with zero attached hydrogens (tertiary/aromatic N) is 1. The van der Waals surface area contributed by atoms with Gasteiger partial charge in [-0.05, 0) is 47.6 Å². The number of hydrogen-bond acceptors (Lipinski definition) is 4. The number of carbonyl (C=O) groups is 2. The maximum Gasteiger partial charge on any atom is 0.355 e. The minimum atomic E-state index is -0.597. The molecule has 1 heterocycles. The average Bonchev–Trinajstić information content (AvgIpc) is 2.66. The molecule has 5 nitrogen and oxygen atoms in total. The molecule has 0 fully saturated rings. The van der Waals surface area contributed by atoms with E-state index in [4.69, 9.17) is 9.47 Å². The first-order chi connectivity index (χ1) is 9.71. The first-order valence-electron chi connectivity index (χ1n) is 6.96. The van der Waals surface area contributed by atoms with Gasteiger partial charge >= 0.3 is 11.9 Å². The Morgan fingerprint density at radius 3 is 2.38 bits per heavy atom. The van der Waals surface area contributed by atoms with E-state index >= 15 is 0 Å². The van der Waals surface area contributed by atoms with Gasteiger partial charge in [-0.25, -0.2) is 9.59 Å². The van der Waals surface area contributed by atoms with Crippen LogP contribution in [0.1, 0.15) is 61.2 Å². The molecule has 1 aromatic heterocycles. The second-order valence-corrected chi connectivity index (χ2v) is 5.60. The van der Waals surface area contributed by atoms with Gasteiger partial charge in [0.1, 0.15) is 11.3 Å². The van der Waals surface area contributed by atoms with Gasteiger partial charge in [-0.15, -0.1) is 0 Å². The molecule has 0 bridgehead atoms. The van der Waals surface area contributed by atoms with Crippen LogP contribution in [0, 0.1) is 6.92 Å². The number of hydrogen-bond donors (Lipinski definition) is 0. The third-order valence-corrected chi connectivity index (χ3v) is 2.69. The van der Waals surface area contributed by atoms with E-state index in [0.29, 0.717) is 17.0 Å². The molecule has 0 aliphatic rings. The molecule has 1 rings (SSSR count). The molecule has 0 amide bonds. The first kappa shape index (κ1) is 17.0. The van der Waals surface area contributed by atoms with Crippen molar-refractivity contribution in [3.8, 4) is 0 Å². The van der Waals surface area contributed by atoms with Crippen molar-refractivity contribution in [1.29, 1.82) is 0 Å². The predicted molar refractivity (Wildman–Crippen MR) is 81.3 cm³/mol. The van der Waals surface area contributed by atoms with Crippen molar-refractivity contribution in [2.45, 2.75) is 47.1 Å². The molecule has 1 aromatic rings. The Morgan fingerprint density at radius 2 is 1.90 bits per heavy atom. The molecule has 0 saturated carbocycles. The van der Waals surface area contributed by atoms with Gasteiger partial charge in [-0.2, -0.15) is 0 Å². The average molecular weight is 293 g/mol. The fourth-order valence-corrected chi connectivity index (χ4v) is 1.87. The molecule has 0 radical (unpaired) electrons. The quantitative estimate of drug-likeness (QED) is 0.798. The van der Waals surface area contributed by atoms with Crippen molar-refractivity contribution in [3.05, 3.63) is 29.1 Å². The number of esters is 2. The van der Waals surface area contributed by atoms with E-state index < -0.39 is 17.5 Å². The molecular formula is C16H23NO4. The molecule has 0 unspecified atom stereocenters. The summed E-state index contributed by atoms with van der Waals surface area (Å²) in [6, 6.07) is 1.52. The minimum absolute atomic E-state index is 0.287. The van der Waals surface area contributed by atoms with Crippen molar-refractivity contribution >= 4 is 18.1 Å². The summed E-state index contributed by atoms with van der Waals surface area (Å²) in [5.41, 5.74) is 0.729. The van der Waals surface area contributed by atoms with E-state index in [0.717, 1.165) is 0 Å². The number of carbonyl (C=O) groups excluding carboxylic acids is 2. The molecule has 0 aliphatic carbocycles. The van der Waals surface area contributed by atoms with Gasteiger partial charge < -0.3 is 14.0 Å². The zero-order valence-electron chi connectivity index (χ0n) is 13.5. The van der Waals surface area contributed by atoms with Crippen LogP contribution in [0.5, 0.6) is 0 Å². The minimum Gasteiger partial charge on any atom is -0.462 e. The van der Waals surface area contributed by atoms with Crippen molar-refractivity contribution in [2.75, 3.05) is 6.61 Å². The van der Waals surface area contributed by atoms with E-state index in [1.54, 1.807) is 51.5 Å². The topological polar surface area (TPSA) is 57.5 Å². The Kier molecular flexibility index (Phi) is 5.35. The van der Waals surface area contributed by atoms with Gasteiger partial charge in [-0.1, -0.05) is 6.08 Å². The van der Waals surface area contributed by atoms with Crippen LogP contribution in [0.4, 0.5) is 0 Å². The number of allylic oxidation sites excluding steroid dienone is 1. The Labute approximate surface area is 125 Å². The summed E-state index contributed by atoms with van der Waals surface area (Å²) in [5, 5.41) is 0.